The van der Waals surface area contributed by atoms with E-state index in [4.69, 9.17) is 4.74 Å². The van der Waals surface area contributed by atoms with E-state index in [1.807, 2.05) is 6.26 Å². The van der Waals surface area contributed by atoms with Crippen LogP contribution in [0.1, 0.15) is 37.9 Å². The summed E-state index contributed by atoms with van der Waals surface area (Å²) in [6.07, 6.45) is 3.34. The smallest absolute Gasteiger partial charge is 0.254 e. The number of aryl methyl sites for hydroxylation is 1. The van der Waals surface area contributed by atoms with E-state index in [0.717, 1.165) is 13.0 Å². The monoisotopic (exact) mass is 341 g/mol. The Morgan fingerprint density at radius 3 is 2.78 bits per heavy atom. The summed E-state index contributed by atoms with van der Waals surface area (Å²) in [5.74, 6) is 0.471. The number of aromatic nitrogens is 2. The molecule has 0 aromatic carbocycles. The Morgan fingerprint density at radius 2 is 2.17 bits per heavy atom. The van der Waals surface area contributed by atoms with E-state index in [0.29, 0.717) is 41.9 Å². The number of amides is 1. The second-order valence-corrected chi connectivity index (χ2v) is 6.61. The first-order valence-electron chi connectivity index (χ1n) is 7.92. The van der Waals surface area contributed by atoms with E-state index in [1.165, 1.54) is 11.8 Å². The lowest BCUT2D eigenvalue weighted by Crippen LogP contribution is -2.27. The number of thioether (sulfide) groups is 1. The van der Waals surface area contributed by atoms with Gasteiger partial charge in [0, 0.05) is 37.4 Å². The van der Waals surface area contributed by atoms with Crippen molar-refractivity contribution in [3.63, 3.8) is 0 Å². The maximum atomic E-state index is 12.0. The standard InChI is InChI=1S/C16H27N3O3S/c1-11(2)10-22-9-5-8-17-14(20)7-6-13-12(3)18-16(23-4)19-15(13)21/h11H,5-10H2,1-4H3,(H,17,20)(H,18,19,21). The average Bonchev–Trinajstić information content (AvgIpc) is 2.49. The number of carbonyl (C=O) groups is 1. The van der Waals surface area contributed by atoms with Gasteiger partial charge in [-0.15, -0.1) is 0 Å². The van der Waals surface area contributed by atoms with Gasteiger partial charge < -0.3 is 15.0 Å². The Kier molecular flexibility index (Phi) is 8.94. The minimum absolute atomic E-state index is 0.0541. The normalized spacial score (nSPS) is 11.0. The van der Waals surface area contributed by atoms with Gasteiger partial charge in [-0.2, -0.15) is 0 Å². The summed E-state index contributed by atoms with van der Waals surface area (Å²) in [6, 6.07) is 0. The van der Waals surface area contributed by atoms with Crippen LogP contribution >= 0.6 is 11.8 Å². The van der Waals surface area contributed by atoms with Gasteiger partial charge in [0.15, 0.2) is 5.16 Å². The number of aromatic amines is 1. The fourth-order valence-electron chi connectivity index (χ4n) is 2.02. The molecule has 0 spiro atoms. The maximum Gasteiger partial charge on any atom is 0.254 e. The Bertz CT molecular complexity index is 558. The Morgan fingerprint density at radius 1 is 1.43 bits per heavy atom. The predicted molar refractivity (Wildman–Crippen MR) is 93.0 cm³/mol. The van der Waals surface area contributed by atoms with E-state index < -0.39 is 0 Å². The molecular weight excluding hydrogens is 314 g/mol. The summed E-state index contributed by atoms with van der Waals surface area (Å²) in [7, 11) is 0. The average molecular weight is 341 g/mol. The van der Waals surface area contributed by atoms with E-state index in [9.17, 15) is 9.59 Å². The first-order chi connectivity index (χ1) is 10.9. The molecule has 0 aliphatic carbocycles. The zero-order valence-corrected chi connectivity index (χ0v) is 15.2. The zero-order valence-electron chi connectivity index (χ0n) is 14.4. The fraction of sp³-hybridized carbons (Fsp3) is 0.688. The van der Waals surface area contributed by atoms with Crippen molar-refractivity contribution in [1.82, 2.24) is 15.3 Å². The number of ether oxygens (including phenoxy) is 1. The van der Waals surface area contributed by atoms with Crippen molar-refractivity contribution in [2.24, 2.45) is 5.92 Å². The quantitative estimate of drug-likeness (QED) is 0.386. The van der Waals surface area contributed by atoms with Crippen LogP contribution in [0.3, 0.4) is 0 Å². The number of H-pyrrole nitrogens is 1. The van der Waals surface area contributed by atoms with E-state index >= 15 is 0 Å². The molecular formula is C16H27N3O3S. The molecule has 0 fully saturated rings. The highest BCUT2D eigenvalue weighted by molar-refractivity contribution is 7.98. The van der Waals surface area contributed by atoms with Gasteiger partial charge >= 0.3 is 0 Å². The van der Waals surface area contributed by atoms with Gasteiger partial charge in [0.2, 0.25) is 5.91 Å². The highest BCUT2D eigenvalue weighted by Crippen LogP contribution is 2.09. The molecule has 0 atom stereocenters. The molecule has 2 N–H and O–H groups in total. The van der Waals surface area contributed by atoms with Gasteiger partial charge in [-0.05, 0) is 31.9 Å². The predicted octanol–water partition coefficient (Wildman–Crippen LogP) is 1.91. The van der Waals surface area contributed by atoms with Crippen molar-refractivity contribution < 1.29 is 9.53 Å². The third-order valence-electron chi connectivity index (χ3n) is 3.23. The van der Waals surface area contributed by atoms with Crippen LogP contribution in [-0.2, 0) is 16.0 Å². The van der Waals surface area contributed by atoms with Crippen LogP contribution < -0.4 is 10.9 Å². The molecule has 0 saturated heterocycles. The molecule has 0 bridgehead atoms. The van der Waals surface area contributed by atoms with Crippen molar-refractivity contribution in [2.45, 2.75) is 45.2 Å². The summed E-state index contributed by atoms with van der Waals surface area (Å²) < 4.78 is 5.45. The lowest BCUT2D eigenvalue weighted by Gasteiger charge is -2.08. The second kappa shape index (κ2) is 10.4. The highest BCUT2D eigenvalue weighted by atomic mass is 32.2. The maximum absolute atomic E-state index is 12.0. The van der Waals surface area contributed by atoms with E-state index in [-0.39, 0.29) is 17.9 Å². The number of nitrogens with zero attached hydrogens (tertiary/aromatic N) is 1. The van der Waals surface area contributed by atoms with Crippen LogP contribution in [0.2, 0.25) is 0 Å². The molecule has 23 heavy (non-hydrogen) atoms. The summed E-state index contributed by atoms with van der Waals surface area (Å²) in [5.41, 5.74) is 1.11. The molecule has 0 radical (unpaired) electrons. The first-order valence-corrected chi connectivity index (χ1v) is 9.14. The SMILES string of the molecule is CSc1nc(C)c(CCC(=O)NCCCOCC(C)C)c(=O)[nH]1. The summed E-state index contributed by atoms with van der Waals surface area (Å²) in [4.78, 5) is 30.8. The van der Waals surface area contributed by atoms with Gasteiger partial charge in [0.1, 0.15) is 0 Å². The third kappa shape index (κ3) is 7.65. The van der Waals surface area contributed by atoms with Crippen molar-refractivity contribution in [1.29, 1.82) is 0 Å². The Hall–Kier alpha value is -1.34. The van der Waals surface area contributed by atoms with Crippen LogP contribution in [-0.4, -0.2) is 41.9 Å². The van der Waals surface area contributed by atoms with Crippen molar-refractivity contribution in [3.8, 4) is 0 Å². The zero-order chi connectivity index (χ0) is 17.2. The first kappa shape index (κ1) is 19.7. The number of nitrogens with one attached hydrogen (secondary N) is 2. The van der Waals surface area contributed by atoms with Gasteiger partial charge in [0.25, 0.3) is 5.56 Å². The van der Waals surface area contributed by atoms with E-state index in [2.05, 4.69) is 29.1 Å². The number of rotatable bonds is 10. The number of carbonyl (C=O) groups excluding carboxylic acids is 1. The molecule has 1 aromatic heterocycles. The molecule has 7 heteroatoms. The Balaban J connectivity index is 2.30. The second-order valence-electron chi connectivity index (χ2n) is 5.81. The molecule has 0 aliphatic rings. The van der Waals surface area contributed by atoms with Gasteiger partial charge in [-0.1, -0.05) is 25.6 Å². The topological polar surface area (TPSA) is 84.1 Å². The van der Waals surface area contributed by atoms with Crippen LogP contribution in [0, 0.1) is 12.8 Å². The van der Waals surface area contributed by atoms with Crippen molar-refractivity contribution in [3.05, 3.63) is 21.6 Å². The third-order valence-corrected chi connectivity index (χ3v) is 3.81. The van der Waals surface area contributed by atoms with Crippen LogP contribution in [0.5, 0.6) is 0 Å². The van der Waals surface area contributed by atoms with Crippen LogP contribution in [0.4, 0.5) is 0 Å². The largest absolute Gasteiger partial charge is 0.381 e. The molecule has 1 aromatic rings. The molecule has 130 valence electrons. The van der Waals surface area contributed by atoms with E-state index in [1.54, 1.807) is 6.92 Å². The fourth-order valence-corrected chi connectivity index (χ4v) is 2.45. The minimum Gasteiger partial charge on any atom is -0.381 e. The van der Waals surface area contributed by atoms with Crippen LogP contribution in [0.15, 0.2) is 9.95 Å². The molecule has 6 nitrogen and oxygen atoms in total. The lowest BCUT2D eigenvalue weighted by atomic mass is 10.1. The number of hydrogen-bond donors (Lipinski definition) is 2. The summed E-state index contributed by atoms with van der Waals surface area (Å²) in [5, 5.41) is 3.45. The lowest BCUT2D eigenvalue weighted by molar-refractivity contribution is -0.121. The van der Waals surface area contributed by atoms with Gasteiger partial charge in [-0.25, -0.2) is 4.98 Å². The van der Waals surface area contributed by atoms with Crippen molar-refractivity contribution >= 4 is 17.7 Å². The Labute approximate surface area is 141 Å². The minimum atomic E-state index is -0.156. The van der Waals surface area contributed by atoms with Gasteiger partial charge in [0.05, 0.1) is 0 Å². The van der Waals surface area contributed by atoms with Crippen molar-refractivity contribution in [2.75, 3.05) is 26.0 Å². The molecule has 1 heterocycles. The van der Waals surface area contributed by atoms with Crippen LogP contribution in [0.25, 0.3) is 0 Å². The molecule has 1 amide bonds. The summed E-state index contributed by atoms with van der Waals surface area (Å²) >= 11 is 1.39. The molecule has 0 aliphatic heterocycles. The number of hydrogen-bond acceptors (Lipinski definition) is 5. The van der Waals surface area contributed by atoms with Gasteiger partial charge in [-0.3, -0.25) is 9.59 Å². The highest BCUT2D eigenvalue weighted by Gasteiger charge is 2.10. The molecule has 0 saturated carbocycles. The molecule has 0 unspecified atom stereocenters. The molecule has 1 rings (SSSR count). The summed E-state index contributed by atoms with van der Waals surface area (Å²) in [6.45, 7) is 7.99.